The molecule has 3 aliphatic rings. The molecule has 0 radical (unpaired) electrons. The predicted octanol–water partition coefficient (Wildman–Crippen LogP) is -0.478. The Kier molecular flexibility index (Phi) is 5.30. The number of carbonyl (C=O) groups is 1. The Bertz CT molecular complexity index is 909. The quantitative estimate of drug-likeness (QED) is 0.723. The summed E-state index contributed by atoms with van der Waals surface area (Å²) in [5.74, 6) is -0.229. The molecule has 154 valence electrons. The molecule has 10 heteroatoms. The van der Waals surface area contributed by atoms with Crippen LogP contribution in [0.25, 0.3) is 0 Å². The summed E-state index contributed by atoms with van der Waals surface area (Å²) in [7, 11) is -3.58. The van der Waals surface area contributed by atoms with E-state index in [1.165, 1.54) is 17.3 Å². The number of ether oxygens (including phenoxy) is 1. The highest BCUT2D eigenvalue weighted by Crippen LogP contribution is 2.41. The van der Waals surface area contributed by atoms with Crippen molar-refractivity contribution in [3.05, 3.63) is 34.2 Å². The highest BCUT2D eigenvalue weighted by Gasteiger charge is 2.45. The maximum atomic E-state index is 13.2. The number of fused-ring (bicyclic) bond motifs is 4. The van der Waals surface area contributed by atoms with Crippen molar-refractivity contribution in [1.29, 1.82) is 0 Å². The Hall–Kier alpha value is -1.75. The van der Waals surface area contributed by atoms with Crippen LogP contribution in [0.2, 0.25) is 0 Å². The normalized spacial score (nSPS) is 28.5. The molecule has 0 aliphatic carbocycles. The van der Waals surface area contributed by atoms with E-state index in [0.29, 0.717) is 45.9 Å². The van der Waals surface area contributed by atoms with Gasteiger partial charge in [0.05, 0.1) is 19.3 Å². The molecule has 3 atom stereocenters. The number of hydrogen-bond acceptors (Lipinski definition) is 5. The van der Waals surface area contributed by atoms with Crippen molar-refractivity contribution >= 4 is 16.1 Å². The lowest BCUT2D eigenvalue weighted by molar-refractivity contribution is -0.119. The molecule has 28 heavy (non-hydrogen) atoms. The third-order valence-electron chi connectivity index (χ3n) is 5.95. The van der Waals surface area contributed by atoms with Crippen LogP contribution in [0, 0.1) is 5.92 Å². The van der Waals surface area contributed by atoms with Crippen molar-refractivity contribution in [2.45, 2.75) is 25.3 Å². The largest absolute Gasteiger partial charge is 0.379 e. The third kappa shape index (κ3) is 3.49. The van der Waals surface area contributed by atoms with Gasteiger partial charge in [0.1, 0.15) is 0 Å². The Morgan fingerprint density at radius 3 is 2.68 bits per heavy atom. The van der Waals surface area contributed by atoms with Gasteiger partial charge < -0.3 is 14.6 Å². The molecule has 0 aromatic carbocycles. The van der Waals surface area contributed by atoms with Gasteiger partial charge >= 0.3 is 0 Å². The smallest absolute Gasteiger partial charge is 0.282 e. The lowest BCUT2D eigenvalue weighted by Gasteiger charge is -2.47. The first-order valence-electron chi connectivity index (χ1n) is 9.67. The van der Waals surface area contributed by atoms with Crippen LogP contribution >= 0.6 is 0 Å². The first kappa shape index (κ1) is 19.6. The van der Waals surface area contributed by atoms with Crippen LogP contribution in [0.4, 0.5) is 0 Å². The van der Waals surface area contributed by atoms with E-state index in [2.05, 4.69) is 5.32 Å². The van der Waals surface area contributed by atoms with E-state index >= 15 is 0 Å². The van der Waals surface area contributed by atoms with Crippen molar-refractivity contribution < 1.29 is 17.9 Å². The molecule has 1 amide bonds. The highest BCUT2D eigenvalue weighted by atomic mass is 32.2. The highest BCUT2D eigenvalue weighted by molar-refractivity contribution is 7.86. The Morgan fingerprint density at radius 2 is 1.96 bits per heavy atom. The number of pyridine rings is 1. The zero-order valence-electron chi connectivity index (χ0n) is 15.9. The lowest BCUT2D eigenvalue weighted by atomic mass is 9.79. The zero-order valence-corrected chi connectivity index (χ0v) is 16.7. The second kappa shape index (κ2) is 7.58. The van der Waals surface area contributed by atoms with Crippen LogP contribution in [-0.2, 0) is 19.7 Å². The molecule has 1 N–H and O–H groups in total. The van der Waals surface area contributed by atoms with Crippen LogP contribution in [0.1, 0.15) is 31.0 Å². The van der Waals surface area contributed by atoms with Gasteiger partial charge in [-0.15, -0.1) is 0 Å². The van der Waals surface area contributed by atoms with Gasteiger partial charge in [0.2, 0.25) is 5.91 Å². The number of carbonyl (C=O) groups excluding carboxylic acids is 1. The van der Waals surface area contributed by atoms with Crippen molar-refractivity contribution in [3.8, 4) is 0 Å². The summed E-state index contributed by atoms with van der Waals surface area (Å²) in [6.07, 6.45) is 0.808. The summed E-state index contributed by atoms with van der Waals surface area (Å²) < 4.78 is 36.4. The van der Waals surface area contributed by atoms with E-state index in [1.54, 1.807) is 14.9 Å². The molecular weight excluding hydrogens is 384 g/mol. The topological polar surface area (TPSA) is 101 Å². The molecule has 2 fully saturated rings. The van der Waals surface area contributed by atoms with E-state index < -0.39 is 10.2 Å². The van der Waals surface area contributed by atoms with E-state index in [0.717, 1.165) is 12.1 Å². The predicted molar refractivity (Wildman–Crippen MR) is 102 cm³/mol. The fourth-order valence-corrected chi connectivity index (χ4v) is 6.33. The molecular formula is C18H26N4O5S. The fourth-order valence-electron chi connectivity index (χ4n) is 4.64. The third-order valence-corrected chi connectivity index (χ3v) is 7.92. The zero-order chi connectivity index (χ0) is 19.9. The summed E-state index contributed by atoms with van der Waals surface area (Å²) in [5.41, 5.74) is 0.744. The average molecular weight is 410 g/mol. The molecule has 3 aliphatic heterocycles. The second-order valence-electron chi connectivity index (χ2n) is 7.69. The van der Waals surface area contributed by atoms with Gasteiger partial charge in [0.25, 0.3) is 15.8 Å². The first-order chi connectivity index (χ1) is 13.4. The SMILES string of the molecule is CC(=O)NC[C@H]1[C@H]2C[C@H](CN(S(=O)(=O)N3CCOCC3)C2)c2cccc(=O)n21. The molecule has 0 spiro atoms. The molecule has 0 unspecified atom stereocenters. The summed E-state index contributed by atoms with van der Waals surface area (Å²) >= 11 is 0. The van der Waals surface area contributed by atoms with Crippen LogP contribution in [0.5, 0.6) is 0 Å². The minimum Gasteiger partial charge on any atom is -0.379 e. The molecule has 4 heterocycles. The van der Waals surface area contributed by atoms with Crippen LogP contribution < -0.4 is 10.9 Å². The molecule has 1 aromatic rings. The maximum Gasteiger partial charge on any atom is 0.282 e. The lowest BCUT2D eigenvalue weighted by Crippen LogP contribution is -2.56. The monoisotopic (exact) mass is 410 g/mol. The van der Waals surface area contributed by atoms with Crippen molar-refractivity contribution in [2.24, 2.45) is 5.92 Å². The number of hydrogen-bond donors (Lipinski definition) is 1. The summed E-state index contributed by atoms with van der Waals surface area (Å²) in [4.78, 5) is 24.0. The number of morpholine rings is 1. The molecule has 2 bridgehead atoms. The fraction of sp³-hybridized carbons (Fsp3) is 0.667. The van der Waals surface area contributed by atoms with E-state index in [-0.39, 0.29) is 29.3 Å². The number of nitrogens with zero attached hydrogens (tertiary/aromatic N) is 3. The number of rotatable bonds is 4. The van der Waals surface area contributed by atoms with Gasteiger partial charge in [0, 0.05) is 57.3 Å². The van der Waals surface area contributed by atoms with E-state index in [1.807, 2.05) is 6.07 Å². The van der Waals surface area contributed by atoms with E-state index in [9.17, 15) is 18.0 Å². The molecule has 0 saturated carbocycles. The number of amides is 1. The van der Waals surface area contributed by atoms with Crippen molar-refractivity contribution in [3.63, 3.8) is 0 Å². The number of aromatic nitrogens is 1. The number of nitrogens with one attached hydrogen (secondary N) is 1. The molecule has 4 rings (SSSR count). The van der Waals surface area contributed by atoms with Crippen LogP contribution in [0.15, 0.2) is 23.0 Å². The van der Waals surface area contributed by atoms with Crippen LogP contribution in [-0.4, -0.2) is 73.4 Å². The standard InChI is InChI=1S/C18H26N4O5S/c1-13(23)19-10-17-15-9-14(16-3-2-4-18(24)22(16)17)11-21(12-15)28(25,26)20-5-7-27-8-6-20/h2-4,14-15,17H,5-12H2,1H3,(H,19,23)/t14-,15+,17+/m1/s1. The Labute approximate surface area is 164 Å². The van der Waals surface area contributed by atoms with Gasteiger partial charge in [-0.1, -0.05) is 6.07 Å². The Morgan fingerprint density at radius 1 is 1.21 bits per heavy atom. The van der Waals surface area contributed by atoms with Gasteiger partial charge in [-0.3, -0.25) is 9.59 Å². The van der Waals surface area contributed by atoms with E-state index in [4.69, 9.17) is 4.74 Å². The first-order valence-corrected chi connectivity index (χ1v) is 11.1. The van der Waals surface area contributed by atoms with Gasteiger partial charge in [-0.2, -0.15) is 17.0 Å². The molecule has 2 saturated heterocycles. The van der Waals surface area contributed by atoms with Crippen LogP contribution in [0.3, 0.4) is 0 Å². The summed E-state index contributed by atoms with van der Waals surface area (Å²) in [6, 6.07) is 4.88. The summed E-state index contributed by atoms with van der Waals surface area (Å²) in [6.45, 7) is 4.00. The summed E-state index contributed by atoms with van der Waals surface area (Å²) in [5, 5.41) is 2.81. The minimum absolute atomic E-state index is 0.0305. The van der Waals surface area contributed by atoms with Gasteiger partial charge in [-0.05, 0) is 18.4 Å². The second-order valence-corrected chi connectivity index (χ2v) is 9.62. The van der Waals surface area contributed by atoms with Gasteiger partial charge in [-0.25, -0.2) is 0 Å². The van der Waals surface area contributed by atoms with Crippen molar-refractivity contribution in [2.75, 3.05) is 45.9 Å². The molecule has 9 nitrogen and oxygen atoms in total. The minimum atomic E-state index is -3.58. The number of piperidine rings is 1. The van der Waals surface area contributed by atoms with Gasteiger partial charge in [0.15, 0.2) is 0 Å². The molecule has 1 aromatic heterocycles. The Balaban J connectivity index is 1.67. The maximum absolute atomic E-state index is 13.2. The van der Waals surface area contributed by atoms with Crippen molar-refractivity contribution in [1.82, 2.24) is 18.5 Å². The average Bonchev–Trinajstić information content (AvgIpc) is 2.68.